The molecule has 0 bridgehead atoms. The van der Waals surface area contributed by atoms with Gasteiger partial charge in [0.2, 0.25) is 0 Å². The van der Waals surface area contributed by atoms with Gasteiger partial charge in [-0.25, -0.2) is 14.8 Å². The molecule has 0 radical (unpaired) electrons. The first kappa shape index (κ1) is 19.6. The number of aromatic carboxylic acids is 1. The largest absolute Gasteiger partial charge is 0.478 e. The molecule has 0 atom stereocenters. The lowest BCUT2D eigenvalue weighted by Crippen LogP contribution is -2.22. The maximum absolute atomic E-state index is 11.4. The summed E-state index contributed by atoms with van der Waals surface area (Å²) in [6.45, 7) is 6.51. The molecule has 1 N–H and O–H groups in total. The van der Waals surface area contributed by atoms with E-state index >= 15 is 0 Å². The van der Waals surface area contributed by atoms with Gasteiger partial charge < -0.3 is 14.6 Å². The molecule has 8 heteroatoms. The second-order valence-corrected chi connectivity index (χ2v) is 7.09. The van der Waals surface area contributed by atoms with E-state index in [-0.39, 0.29) is 5.56 Å². The van der Waals surface area contributed by atoms with Crippen LogP contribution in [0.15, 0.2) is 48.8 Å². The molecule has 0 unspecified atom stereocenters. The number of carboxylic acids is 1. The highest BCUT2D eigenvalue weighted by Crippen LogP contribution is 2.27. The lowest BCUT2D eigenvalue weighted by Gasteiger charge is -2.19. The van der Waals surface area contributed by atoms with Crippen molar-refractivity contribution < 1.29 is 9.90 Å². The van der Waals surface area contributed by atoms with Gasteiger partial charge in [0.25, 0.3) is 0 Å². The van der Waals surface area contributed by atoms with Gasteiger partial charge in [0.05, 0.1) is 28.8 Å². The van der Waals surface area contributed by atoms with Gasteiger partial charge in [0.15, 0.2) is 0 Å². The number of imidazole rings is 1. The van der Waals surface area contributed by atoms with Crippen molar-refractivity contribution in [2.75, 3.05) is 18.0 Å². The van der Waals surface area contributed by atoms with Crippen molar-refractivity contribution in [1.82, 2.24) is 24.3 Å². The highest BCUT2D eigenvalue weighted by atomic mass is 16.4. The van der Waals surface area contributed by atoms with Crippen LogP contribution in [0.4, 0.5) is 5.82 Å². The van der Waals surface area contributed by atoms with Crippen LogP contribution in [0.5, 0.6) is 0 Å². The third kappa shape index (κ3) is 3.63. The molecule has 0 saturated carbocycles. The summed E-state index contributed by atoms with van der Waals surface area (Å²) in [7, 11) is 1.88. The van der Waals surface area contributed by atoms with Gasteiger partial charge in [0, 0.05) is 38.1 Å². The van der Waals surface area contributed by atoms with Crippen LogP contribution in [0.1, 0.15) is 29.9 Å². The number of hydrogen-bond acceptors (Lipinski definition) is 5. The van der Waals surface area contributed by atoms with Crippen LogP contribution in [-0.2, 0) is 13.6 Å². The third-order valence-electron chi connectivity index (χ3n) is 5.18. The molecule has 154 valence electrons. The van der Waals surface area contributed by atoms with Crippen molar-refractivity contribution in [2.24, 2.45) is 7.05 Å². The Balaban J connectivity index is 1.82. The minimum absolute atomic E-state index is 0.214. The average molecular weight is 404 g/mol. The first-order chi connectivity index (χ1) is 14.5. The Labute approximate surface area is 174 Å². The van der Waals surface area contributed by atoms with Crippen LogP contribution in [0, 0.1) is 0 Å². The molecule has 3 heterocycles. The monoisotopic (exact) mass is 404 g/mol. The molecule has 0 aliphatic heterocycles. The lowest BCUT2D eigenvalue weighted by atomic mass is 10.2. The summed E-state index contributed by atoms with van der Waals surface area (Å²) in [5, 5.41) is 13.8. The molecule has 0 aliphatic carbocycles. The van der Waals surface area contributed by atoms with Crippen LogP contribution in [0.3, 0.4) is 0 Å². The highest BCUT2D eigenvalue weighted by Gasteiger charge is 2.16. The van der Waals surface area contributed by atoms with E-state index in [1.54, 1.807) is 22.9 Å². The van der Waals surface area contributed by atoms with Crippen molar-refractivity contribution in [2.45, 2.75) is 20.4 Å². The zero-order valence-electron chi connectivity index (χ0n) is 17.3. The molecule has 30 heavy (non-hydrogen) atoms. The van der Waals surface area contributed by atoms with E-state index < -0.39 is 5.97 Å². The zero-order chi connectivity index (χ0) is 21.3. The molecule has 0 spiro atoms. The van der Waals surface area contributed by atoms with E-state index in [2.05, 4.69) is 33.4 Å². The molecule has 0 aliphatic rings. The Bertz CT molecular complexity index is 1190. The molecule has 1 aromatic carbocycles. The van der Waals surface area contributed by atoms with E-state index in [1.165, 1.54) is 0 Å². The number of anilines is 1. The van der Waals surface area contributed by atoms with Crippen LogP contribution in [0.2, 0.25) is 0 Å². The number of benzene rings is 1. The van der Waals surface area contributed by atoms with Crippen LogP contribution in [-0.4, -0.2) is 48.5 Å². The lowest BCUT2D eigenvalue weighted by molar-refractivity contribution is 0.0697. The molecule has 4 rings (SSSR count). The van der Waals surface area contributed by atoms with E-state index in [4.69, 9.17) is 4.98 Å². The predicted octanol–water partition coefficient (Wildman–Crippen LogP) is 3.42. The number of carbonyl (C=O) groups is 1. The number of hydrogen-bond donors (Lipinski definition) is 1. The van der Waals surface area contributed by atoms with Gasteiger partial charge in [-0.05, 0) is 50.2 Å². The van der Waals surface area contributed by atoms with Gasteiger partial charge in [-0.1, -0.05) is 0 Å². The minimum Gasteiger partial charge on any atom is -0.478 e. The zero-order valence-corrected chi connectivity index (χ0v) is 17.3. The van der Waals surface area contributed by atoms with Crippen LogP contribution >= 0.6 is 0 Å². The Morgan fingerprint density at radius 1 is 1.13 bits per heavy atom. The number of rotatable bonds is 7. The highest BCUT2D eigenvalue weighted by molar-refractivity contribution is 5.93. The molecule has 0 amide bonds. The normalized spacial score (nSPS) is 11.2. The fraction of sp³-hybridized carbons (Fsp3) is 0.273. The summed E-state index contributed by atoms with van der Waals surface area (Å²) in [5.41, 5.74) is 3.47. The molecule has 0 fully saturated rings. The van der Waals surface area contributed by atoms with E-state index in [0.29, 0.717) is 12.1 Å². The summed E-state index contributed by atoms with van der Waals surface area (Å²) in [6.07, 6.45) is 3.72. The first-order valence-corrected chi connectivity index (χ1v) is 9.93. The maximum Gasteiger partial charge on any atom is 0.335 e. The summed E-state index contributed by atoms with van der Waals surface area (Å²) in [4.78, 5) is 23.0. The van der Waals surface area contributed by atoms with Crippen molar-refractivity contribution in [1.29, 1.82) is 0 Å². The third-order valence-corrected chi connectivity index (χ3v) is 5.18. The topological polar surface area (TPSA) is 89.1 Å². The Hall–Kier alpha value is -3.68. The fourth-order valence-corrected chi connectivity index (χ4v) is 3.61. The van der Waals surface area contributed by atoms with Gasteiger partial charge in [-0.2, -0.15) is 5.10 Å². The standard InChI is InChI=1S/C22H24N6O2/c1-4-27(5-2)20-9-7-16(13-23-20)21-24-18-12-15(22(29)30)6-8-19(18)28(21)14-17-10-11-26(3)25-17/h6-13H,4-5,14H2,1-3H3,(H,29,30). The smallest absolute Gasteiger partial charge is 0.335 e. The van der Waals surface area contributed by atoms with Crippen molar-refractivity contribution in [3.05, 3.63) is 60.0 Å². The summed E-state index contributed by atoms with van der Waals surface area (Å²) in [5.74, 6) is 0.684. The van der Waals surface area contributed by atoms with E-state index in [1.807, 2.05) is 37.6 Å². The summed E-state index contributed by atoms with van der Waals surface area (Å²) < 4.78 is 3.81. The van der Waals surface area contributed by atoms with E-state index in [9.17, 15) is 9.90 Å². The molecule has 4 aromatic rings. The SMILES string of the molecule is CCN(CC)c1ccc(-c2nc3cc(C(=O)O)ccc3n2Cc2ccn(C)n2)cn1. The van der Waals surface area contributed by atoms with Gasteiger partial charge in [-0.3, -0.25) is 4.68 Å². The Morgan fingerprint density at radius 3 is 2.53 bits per heavy atom. The average Bonchev–Trinajstić information content (AvgIpc) is 3.32. The first-order valence-electron chi connectivity index (χ1n) is 9.93. The number of aromatic nitrogens is 5. The number of aryl methyl sites for hydroxylation is 1. The van der Waals surface area contributed by atoms with Gasteiger partial charge >= 0.3 is 5.97 Å². The Kier molecular flexibility index (Phi) is 5.22. The molecular formula is C22H24N6O2. The molecular weight excluding hydrogens is 380 g/mol. The second kappa shape index (κ2) is 7.98. The number of nitrogens with zero attached hydrogens (tertiary/aromatic N) is 6. The van der Waals surface area contributed by atoms with Crippen LogP contribution in [0.25, 0.3) is 22.4 Å². The quantitative estimate of drug-likeness (QED) is 0.508. The van der Waals surface area contributed by atoms with Gasteiger partial charge in [-0.15, -0.1) is 0 Å². The number of carboxylic acid groups (broad SMARTS) is 1. The summed E-state index contributed by atoms with van der Waals surface area (Å²) in [6, 6.07) is 11.0. The van der Waals surface area contributed by atoms with E-state index in [0.717, 1.165) is 41.5 Å². The van der Waals surface area contributed by atoms with Crippen molar-refractivity contribution in [3.8, 4) is 11.4 Å². The predicted molar refractivity (Wildman–Crippen MR) is 116 cm³/mol. The summed E-state index contributed by atoms with van der Waals surface area (Å²) >= 11 is 0. The Morgan fingerprint density at radius 2 is 1.93 bits per heavy atom. The van der Waals surface area contributed by atoms with Gasteiger partial charge in [0.1, 0.15) is 11.6 Å². The maximum atomic E-state index is 11.4. The van der Waals surface area contributed by atoms with Crippen molar-refractivity contribution >= 4 is 22.8 Å². The fourth-order valence-electron chi connectivity index (χ4n) is 3.61. The molecule has 3 aromatic heterocycles. The second-order valence-electron chi connectivity index (χ2n) is 7.09. The number of fused-ring (bicyclic) bond motifs is 1. The number of pyridine rings is 1. The van der Waals surface area contributed by atoms with Crippen molar-refractivity contribution in [3.63, 3.8) is 0 Å². The molecule has 8 nitrogen and oxygen atoms in total. The minimum atomic E-state index is -0.969. The van der Waals surface area contributed by atoms with Crippen LogP contribution < -0.4 is 4.90 Å². The molecule has 0 saturated heterocycles.